The van der Waals surface area contributed by atoms with E-state index in [9.17, 15) is 12.8 Å². The van der Waals surface area contributed by atoms with Crippen molar-refractivity contribution in [3.05, 3.63) is 65.7 Å². The van der Waals surface area contributed by atoms with E-state index in [0.717, 1.165) is 37.5 Å². The van der Waals surface area contributed by atoms with Gasteiger partial charge in [-0.1, -0.05) is 12.1 Å². The molecule has 3 atom stereocenters. The van der Waals surface area contributed by atoms with E-state index in [-0.39, 0.29) is 34.7 Å². The van der Waals surface area contributed by atoms with E-state index in [1.807, 2.05) is 12.1 Å². The van der Waals surface area contributed by atoms with Crippen LogP contribution >= 0.6 is 0 Å². The Bertz CT molecular complexity index is 1390. The molecule has 0 N–H and O–H groups in total. The van der Waals surface area contributed by atoms with Gasteiger partial charge in [-0.15, -0.1) is 0 Å². The summed E-state index contributed by atoms with van der Waals surface area (Å²) < 4.78 is 61.0. The molecule has 202 valence electrons. The Hall–Kier alpha value is -3.28. The first-order valence-corrected chi connectivity index (χ1v) is 14.2. The number of benzene rings is 2. The maximum atomic E-state index is 14.5. The molecule has 0 spiro atoms. The van der Waals surface area contributed by atoms with Gasteiger partial charge in [-0.3, -0.25) is 4.90 Å². The molecule has 2 aliphatic heterocycles. The van der Waals surface area contributed by atoms with E-state index < -0.39 is 15.7 Å². The Labute approximate surface area is 221 Å². The molecule has 0 aliphatic carbocycles. The van der Waals surface area contributed by atoms with Gasteiger partial charge in [0, 0.05) is 37.7 Å². The van der Waals surface area contributed by atoms with E-state index in [2.05, 4.69) is 27.0 Å². The maximum absolute atomic E-state index is 14.5. The third-order valence-corrected chi connectivity index (χ3v) is 8.07. The Morgan fingerprint density at radius 2 is 1.74 bits per heavy atom. The van der Waals surface area contributed by atoms with E-state index in [1.54, 1.807) is 14.0 Å². The number of halogens is 1. The number of morpholine rings is 1. The number of methoxy groups -OCH3 is 1. The van der Waals surface area contributed by atoms with Crippen LogP contribution in [0.1, 0.15) is 24.0 Å². The fourth-order valence-corrected chi connectivity index (χ4v) is 5.57. The summed E-state index contributed by atoms with van der Waals surface area (Å²) in [6.07, 6.45) is 3.79. The first-order valence-electron chi connectivity index (χ1n) is 12.3. The summed E-state index contributed by atoms with van der Waals surface area (Å²) >= 11 is 0. The normalized spacial score (nSPS) is 21.6. The van der Waals surface area contributed by atoms with E-state index in [1.165, 1.54) is 24.0 Å². The van der Waals surface area contributed by atoms with Crippen LogP contribution in [0.5, 0.6) is 23.3 Å². The van der Waals surface area contributed by atoms with Gasteiger partial charge in [0.25, 0.3) is 0 Å². The summed E-state index contributed by atoms with van der Waals surface area (Å²) in [5, 5.41) is 0. The standard InChI is InChI=1S/C27H30FN3O6S/c1-17-26(29-16-30-27(17)37-25-9-8-23(12-24(25)28)38(3,32)33)36-22-10-19-14-35-15-20(11-22)31(19)13-18-4-6-21(34-2)7-5-18/h4-9,12,16,19-20,22H,10-11,13-15H2,1-3H3/t19-,20?,22?/m1/s1. The highest BCUT2D eigenvalue weighted by atomic mass is 32.2. The van der Waals surface area contributed by atoms with Crippen molar-refractivity contribution in [3.8, 4) is 23.3 Å². The minimum Gasteiger partial charge on any atom is -0.497 e. The van der Waals surface area contributed by atoms with Crippen molar-refractivity contribution in [1.82, 2.24) is 14.9 Å². The van der Waals surface area contributed by atoms with Crippen molar-refractivity contribution >= 4 is 9.84 Å². The van der Waals surface area contributed by atoms with Crippen LogP contribution in [-0.4, -0.2) is 68.1 Å². The van der Waals surface area contributed by atoms with Gasteiger partial charge < -0.3 is 18.9 Å². The molecule has 1 aromatic heterocycles. The average molecular weight is 544 g/mol. The minimum atomic E-state index is -3.54. The summed E-state index contributed by atoms with van der Waals surface area (Å²) in [7, 11) is -1.88. The lowest BCUT2D eigenvalue weighted by Crippen LogP contribution is -2.58. The van der Waals surface area contributed by atoms with Gasteiger partial charge in [0.05, 0.1) is 30.8 Å². The monoisotopic (exact) mass is 543 g/mol. The molecule has 3 aromatic rings. The van der Waals surface area contributed by atoms with Crippen LogP contribution in [0.15, 0.2) is 53.7 Å². The second-order valence-corrected chi connectivity index (χ2v) is 11.7. The zero-order chi connectivity index (χ0) is 26.9. The number of fused-ring (bicyclic) bond motifs is 2. The van der Waals surface area contributed by atoms with Gasteiger partial charge in [-0.25, -0.2) is 22.8 Å². The van der Waals surface area contributed by atoms with E-state index in [4.69, 9.17) is 18.9 Å². The molecular formula is C27H30FN3O6S. The lowest BCUT2D eigenvalue weighted by Gasteiger charge is -2.48. The van der Waals surface area contributed by atoms with Crippen LogP contribution in [0.2, 0.25) is 0 Å². The Kier molecular flexibility index (Phi) is 7.51. The lowest BCUT2D eigenvalue weighted by molar-refractivity contribution is -0.104. The third-order valence-electron chi connectivity index (χ3n) is 6.96. The number of hydrogen-bond donors (Lipinski definition) is 0. The zero-order valence-corrected chi connectivity index (χ0v) is 22.3. The summed E-state index contributed by atoms with van der Waals surface area (Å²) in [5.74, 6) is 0.410. The maximum Gasteiger partial charge on any atom is 0.229 e. The van der Waals surface area contributed by atoms with Crippen molar-refractivity contribution < 1.29 is 31.8 Å². The van der Waals surface area contributed by atoms with Crippen LogP contribution < -0.4 is 14.2 Å². The molecule has 2 aliphatic rings. The van der Waals surface area contributed by atoms with Crippen LogP contribution in [0.25, 0.3) is 0 Å². The summed E-state index contributed by atoms with van der Waals surface area (Å²) in [6, 6.07) is 12.0. The topological polar surface area (TPSA) is 100 Å². The van der Waals surface area contributed by atoms with Gasteiger partial charge in [0.1, 0.15) is 18.2 Å². The number of hydrogen-bond acceptors (Lipinski definition) is 9. The Balaban J connectivity index is 1.27. The van der Waals surface area contributed by atoms with Crippen molar-refractivity contribution in [2.24, 2.45) is 0 Å². The first-order chi connectivity index (χ1) is 18.2. The van der Waals surface area contributed by atoms with Crippen molar-refractivity contribution in [1.29, 1.82) is 0 Å². The molecule has 2 saturated heterocycles. The first kappa shape index (κ1) is 26.3. The van der Waals surface area contributed by atoms with E-state index in [0.29, 0.717) is 24.7 Å². The molecule has 0 saturated carbocycles. The predicted octanol–water partition coefficient (Wildman–Crippen LogP) is 3.94. The Morgan fingerprint density at radius 1 is 1.05 bits per heavy atom. The summed E-state index contributed by atoms with van der Waals surface area (Å²) in [5.41, 5.74) is 1.74. The molecular weight excluding hydrogens is 513 g/mol. The SMILES string of the molecule is COc1ccc(CN2C3COC[C@H]2CC(Oc2ncnc(Oc4ccc(S(C)(=O)=O)cc4F)c2C)C3)cc1. The largest absolute Gasteiger partial charge is 0.497 e. The minimum absolute atomic E-state index is 0.0757. The van der Waals surface area contributed by atoms with E-state index >= 15 is 0 Å². The molecule has 38 heavy (non-hydrogen) atoms. The second kappa shape index (κ2) is 10.8. The molecule has 2 bridgehead atoms. The van der Waals surface area contributed by atoms with Crippen molar-refractivity contribution in [2.75, 3.05) is 26.6 Å². The molecule has 5 rings (SSSR count). The quantitative estimate of drug-likeness (QED) is 0.418. The lowest BCUT2D eigenvalue weighted by atomic mass is 9.91. The smallest absolute Gasteiger partial charge is 0.229 e. The van der Waals surface area contributed by atoms with Crippen LogP contribution in [0, 0.1) is 12.7 Å². The van der Waals surface area contributed by atoms with Gasteiger partial charge in [0.15, 0.2) is 21.4 Å². The van der Waals surface area contributed by atoms with Gasteiger partial charge in [0.2, 0.25) is 11.8 Å². The average Bonchev–Trinajstić information content (AvgIpc) is 2.87. The molecule has 0 amide bonds. The molecule has 2 unspecified atom stereocenters. The highest BCUT2D eigenvalue weighted by molar-refractivity contribution is 7.90. The summed E-state index contributed by atoms with van der Waals surface area (Å²) in [6.45, 7) is 3.83. The summed E-state index contributed by atoms with van der Waals surface area (Å²) in [4.78, 5) is 10.8. The molecule has 0 radical (unpaired) electrons. The van der Waals surface area contributed by atoms with Gasteiger partial charge in [-0.05, 0) is 42.8 Å². The molecule has 2 fully saturated rings. The second-order valence-electron chi connectivity index (χ2n) is 9.65. The van der Waals surface area contributed by atoms with Crippen molar-refractivity contribution in [2.45, 2.75) is 49.4 Å². The fourth-order valence-electron chi connectivity index (χ4n) is 4.93. The number of nitrogens with zero attached hydrogens (tertiary/aromatic N) is 3. The third kappa shape index (κ3) is 5.74. The highest BCUT2D eigenvalue weighted by Gasteiger charge is 2.40. The molecule has 3 heterocycles. The van der Waals surface area contributed by atoms with Crippen LogP contribution in [0.4, 0.5) is 4.39 Å². The number of aromatic nitrogens is 2. The predicted molar refractivity (Wildman–Crippen MR) is 137 cm³/mol. The molecule has 9 nitrogen and oxygen atoms in total. The van der Waals surface area contributed by atoms with Crippen molar-refractivity contribution in [3.63, 3.8) is 0 Å². The number of sulfone groups is 1. The van der Waals surface area contributed by atoms with Crippen LogP contribution in [0.3, 0.4) is 0 Å². The number of ether oxygens (including phenoxy) is 4. The van der Waals surface area contributed by atoms with Gasteiger partial charge in [-0.2, -0.15) is 0 Å². The zero-order valence-electron chi connectivity index (χ0n) is 21.5. The number of rotatable bonds is 8. The Morgan fingerprint density at radius 3 is 2.37 bits per heavy atom. The highest BCUT2D eigenvalue weighted by Crippen LogP contribution is 2.34. The molecule has 11 heteroatoms. The van der Waals surface area contributed by atoms with Gasteiger partial charge >= 0.3 is 0 Å². The van der Waals surface area contributed by atoms with Crippen LogP contribution in [-0.2, 0) is 21.1 Å². The molecule has 2 aromatic carbocycles. The number of piperidine rings is 1. The fraction of sp³-hybridized carbons (Fsp3) is 0.407.